The van der Waals surface area contributed by atoms with Crippen molar-refractivity contribution in [2.24, 2.45) is 4.99 Å². The number of nitro groups is 1. The van der Waals surface area contributed by atoms with Gasteiger partial charge in [-0.2, -0.15) is 0 Å². The monoisotopic (exact) mass is 308 g/mol. The lowest BCUT2D eigenvalue weighted by Crippen LogP contribution is -2.27. The van der Waals surface area contributed by atoms with E-state index >= 15 is 0 Å². The van der Waals surface area contributed by atoms with Crippen LogP contribution in [0.3, 0.4) is 0 Å². The average Bonchev–Trinajstić information content (AvgIpc) is 2.97. The lowest BCUT2D eigenvalue weighted by Gasteiger charge is -2.06. The molecule has 0 saturated carbocycles. The second kappa shape index (κ2) is 7.63. The Hall–Kier alpha value is -2.09. The second-order valence-corrected chi connectivity index (χ2v) is 5.50. The number of rotatable bonds is 6. The number of nitro benzene ring substituents is 1. The number of amidine groups is 1. The second-order valence-electron chi connectivity index (χ2n) is 4.42. The summed E-state index contributed by atoms with van der Waals surface area (Å²) in [5.41, 5.74) is 0.867. The van der Waals surface area contributed by atoms with Gasteiger partial charge in [-0.1, -0.05) is 11.8 Å². The van der Waals surface area contributed by atoms with Crippen molar-refractivity contribution in [3.05, 3.63) is 34.4 Å². The number of hydrogen-bond acceptors (Lipinski definition) is 6. The minimum absolute atomic E-state index is 0.0337. The van der Waals surface area contributed by atoms with Crippen LogP contribution in [0.5, 0.6) is 0 Å². The number of nitrogens with zero attached hydrogens (tertiary/aromatic N) is 2. The molecule has 0 saturated heterocycles. The van der Waals surface area contributed by atoms with E-state index in [1.54, 1.807) is 23.9 Å². The van der Waals surface area contributed by atoms with Gasteiger partial charge in [-0.05, 0) is 18.6 Å². The van der Waals surface area contributed by atoms with Gasteiger partial charge < -0.3 is 10.6 Å². The summed E-state index contributed by atoms with van der Waals surface area (Å²) in [6, 6.07) is 6.21. The Kier molecular flexibility index (Phi) is 5.56. The van der Waals surface area contributed by atoms with Crippen molar-refractivity contribution in [3.63, 3.8) is 0 Å². The van der Waals surface area contributed by atoms with Gasteiger partial charge in [-0.25, -0.2) is 0 Å². The van der Waals surface area contributed by atoms with Gasteiger partial charge in [0.05, 0.1) is 11.5 Å². The minimum atomic E-state index is -0.433. The largest absolute Gasteiger partial charge is 0.385 e. The minimum Gasteiger partial charge on any atom is -0.385 e. The molecule has 1 aromatic carbocycles. The molecule has 0 atom stereocenters. The van der Waals surface area contributed by atoms with E-state index in [4.69, 9.17) is 0 Å². The van der Waals surface area contributed by atoms with Gasteiger partial charge in [0.25, 0.3) is 5.69 Å². The van der Waals surface area contributed by atoms with Crippen LogP contribution in [0.15, 0.2) is 29.3 Å². The first-order valence-corrected chi connectivity index (χ1v) is 7.59. The highest BCUT2D eigenvalue weighted by Gasteiger charge is 2.10. The predicted octanol–water partition coefficient (Wildman–Crippen LogP) is 2.01. The SMILES string of the molecule is O=C(CCCNc1ccc([N+](=O)[O-])cc1)NC1=NCCS1. The van der Waals surface area contributed by atoms with E-state index in [1.807, 2.05) is 0 Å². The fourth-order valence-corrected chi connectivity index (χ4v) is 2.52. The van der Waals surface area contributed by atoms with E-state index in [9.17, 15) is 14.9 Å². The number of non-ortho nitro benzene ring substituents is 1. The third kappa shape index (κ3) is 5.07. The molecule has 2 N–H and O–H groups in total. The van der Waals surface area contributed by atoms with Crippen LogP contribution in [0.25, 0.3) is 0 Å². The molecule has 8 heteroatoms. The predicted molar refractivity (Wildman–Crippen MR) is 83.7 cm³/mol. The van der Waals surface area contributed by atoms with E-state index in [0.717, 1.165) is 18.0 Å². The Morgan fingerprint density at radius 3 is 2.76 bits per heavy atom. The normalized spacial score (nSPS) is 13.6. The molecule has 21 heavy (non-hydrogen) atoms. The van der Waals surface area contributed by atoms with Crippen molar-refractivity contribution >= 4 is 34.2 Å². The maximum absolute atomic E-state index is 11.6. The molecule has 0 fully saturated rings. The molecule has 1 aromatic rings. The van der Waals surface area contributed by atoms with Crippen molar-refractivity contribution in [3.8, 4) is 0 Å². The van der Waals surface area contributed by atoms with Crippen LogP contribution in [-0.2, 0) is 4.79 Å². The molecule has 0 aliphatic carbocycles. The Bertz CT molecular complexity index is 545. The number of carbonyl (C=O) groups is 1. The molecule has 0 radical (unpaired) electrons. The molecule has 0 bridgehead atoms. The molecule has 1 aliphatic rings. The molecule has 2 rings (SSSR count). The first-order valence-electron chi connectivity index (χ1n) is 6.60. The summed E-state index contributed by atoms with van der Waals surface area (Å²) in [6.45, 7) is 1.40. The van der Waals surface area contributed by atoms with Gasteiger partial charge in [0.1, 0.15) is 0 Å². The summed E-state index contributed by atoms with van der Waals surface area (Å²) >= 11 is 1.56. The first-order chi connectivity index (χ1) is 10.1. The quantitative estimate of drug-likeness (QED) is 0.476. The van der Waals surface area contributed by atoms with Gasteiger partial charge in [-0.3, -0.25) is 19.9 Å². The van der Waals surface area contributed by atoms with Gasteiger partial charge >= 0.3 is 0 Å². The topological polar surface area (TPSA) is 96.6 Å². The first kappa shape index (κ1) is 15.3. The molecule has 112 valence electrons. The molecular weight excluding hydrogens is 292 g/mol. The van der Waals surface area contributed by atoms with E-state index in [2.05, 4.69) is 15.6 Å². The van der Waals surface area contributed by atoms with E-state index in [1.165, 1.54) is 12.1 Å². The standard InChI is InChI=1S/C13H16N4O3S/c18-12(16-13-15-8-9-21-13)2-1-7-14-10-3-5-11(6-4-10)17(19)20/h3-6,14H,1-2,7-9H2,(H,15,16,18). The number of anilines is 1. The van der Waals surface area contributed by atoms with E-state index < -0.39 is 4.92 Å². The van der Waals surface area contributed by atoms with Crippen LogP contribution in [0.1, 0.15) is 12.8 Å². The van der Waals surface area contributed by atoms with Gasteiger partial charge in [0, 0.05) is 36.5 Å². The number of thioether (sulfide) groups is 1. The number of nitrogens with one attached hydrogen (secondary N) is 2. The highest BCUT2D eigenvalue weighted by molar-refractivity contribution is 8.14. The van der Waals surface area contributed by atoms with Gasteiger partial charge in [0.15, 0.2) is 5.17 Å². The van der Waals surface area contributed by atoms with Crippen LogP contribution in [0.4, 0.5) is 11.4 Å². The summed E-state index contributed by atoms with van der Waals surface area (Å²) in [5, 5.41) is 17.1. The van der Waals surface area contributed by atoms with Crippen molar-refractivity contribution in [2.45, 2.75) is 12.8 Å². The molecule has 0 aromatic heterocycles. The van der Waals surface area contributed by atoms with Crippen LogP contribution in [0, 0.1) is 10.1 Å². The van der Waals surface area contributed by atoms with Gasteiger partial charge in [0.2, 0.25) is 5.91 Å². The molecule has 1 heterocycles. The van der Waals surface area contributed by atoms with Crippen LogP contribution in [0.2, 0.25) is 0 Å². The Labute approximate surface area is 126 Å². The molecule has 0 spiro atoms. The Morgan fingerprint density at radius 1 is 1.38 bits per heavy atom. The number of amides is 1. The highest BCUT2D eigenvalue weighted by Crippen LogP contribution is 2.15. The fraction of sp³-hybridized carbons (Fsp3) is 0.385. The van der Waals surface area contributed by atoms with Crippen molar-refractivity contribution in [1.82, 2.24) is 5.32 Å². The summed E-state index contributed by atoms with van der Waals surface area (Å²) in [5.74, 6) is 0.894. The summed E-state index contributed by atoms with van der Waals surface area (Å²) in [4.78, 5) is 25.9. The third-order valence-electron chi connectivity index (χ3n) is 2.82. The number of hydrogen-bond donors (Lipinski definition) is 2. The van der Waals surface area contributed by atoms with Crippen molar-refractivity contribution < 1.29 is 9.72 Å². The maximum atomic E-state index is 11.6. The van der Waals surface area contributed by atoms with Crippen LogP contribution >= 0.6 is 11.8 Å². The average molecular weight is 308 g/mol. The number of carbonyl (C=O) groups excluding carboxylic acids is 1. The maximum Gasteiger partial charge on any atom is 0.269 e. The lowest BCUT2D eigenvalue weighted by molar-refractivity contribution is -0.384. The third-order valence-corrected chi connectivity index (χ3v) is 3.71. The van der Waals surface area contributed by atoms with E-state index in [-0.39, 0.29) is 11.6 Å². The summed E-state index contributed by atoms with van der Waals surface area (Å²) < 4.78 is 0. The number of aliphatic imine (C=N–C) groups is 1. The fourth-order valence-electron chi connectivity index (χ4n) is 1.78. The molecule has 1 aliphatic heterocycles. The number of benzene rings is 1. The summed E-state index contributed by atoms with van der Waals surface area (Å²) in [7, 11) is 0. The molecule has 1 amide bonds. The van der Waals surface area contributed by atoms with E-state index in [0.29, 0.717) is 24.6 Å². The Balaban J connectivity index is 1.64. The van der Waals surface area contributed by atoms with Crippen molar-refractivity contribution in [1.29, 1.82) is 0 Å². The van der Waals surface area contributed by atoms with Gasteiger partial charge in [-0.15, -0.1) is 0 Å². The zero-order chi connectivity index (χ0) is 15.1. The zero-order valence-corrected chi connectivity index (χ0v) is 12.2. The molecule has 7 nitrogen and oxygen atoms in total. The summed E-state index contributed by atoms with van der Waals surface area (Å²) in [6.07, 6.45) is 1.10. The van der Waals surface area contributed by atoms with Crippen LogP contribution < -0.4 is 10.6 Å². The molecular formula is C13H16N4O3S. The van der Waals surface area contributed by atoms with Crippen molar-refractivity contribution in [2.75, 3.05) is 24.2 Å². The highest BCUT2D eigenvalue weighted by atomic mass is 32.2. The smallest absolute Gasteiger partial charge is 0.269 e. The zero-order valence-electron chi connectivity index (χ0n) is 11.4. The van der Waals surface area contributed by atoms with Crippen LogP contribution in [-0.4, -0.2) is 34.8 Å². The Morgan fingerprint density at radius 2 is 2.14 bits per heavy atom. The molecule has 0 unspecified atom stereocenters. The lowest BCUT2D eigenvalue weighted by atomic mass is 10.2.